The first kappa shape index (κ1) is 38.1. The molecule has 0 unspecified atom stereocenters. The number of esters is 1. The number of halogens is 2. The Kier molecular flexibility index (Phi) is 12.3. The lowest BCUT2D eigenvalue weighted by atomic mass is 9.81. The molecule has 1 N–H and O–H groups in total. The van der Waals surface area contributed by atoms with Gasteiger partial charge in [0.05, 0.1) is 42.0 Å². The Morgan fingerprint density at radius 1 is 1.04 bits per heavy atom. The van der Waals surface area contributed by atoms with E-state index in [-0.39, 0.29) is 24.3 Å². The molecular weight excluding hydrogens is 721 g/mol. The van der Waals surface area contributed by atoms with Gasteiger partial charge >= 0.3 is 12.1 Å². The number of nitriles is 1. The summed E-state index contributed by atoms with van der Waals surface area (Å²) in [4.78, 5) is 39.7. The Hall–Kier alpha value is -5.60. The van der Waals surface area contributed by atoms with Gasteiger partial charge in [0.15, 0.2) is 5.60 Å². The number of carbonyl (C=O) groups is 2. The Morgan fingerprint density at radius 3 is 2.52 bits per heavy atom. The maximum absolute atomic E-state index is 15.8. The molecule has 0 saturated carbocycles. The minimum Gasteiger partial charge on any atom is -0.424 e. The number of carbonyl (C=O) groups excluding carboxylic acids is 2. The van der Waals surface area contributed by atoms with Gasteiger partial charge in [0.2, 0.25) is 6.79 Å². The molecular formula is C38H37F2N7O6S. The van der Waals surface area contributed by atoms with Gasteiger partial charge in [-0.2, -0.15) is 10.4 Å². The van der Waals surface area contributed by atoms with E-state index >= 15 is 4.39 Å². The van der Waals surface area contributed by atoms with E-state index in [0.29, 0.717) is 35.4 Å². The lowest BCUT2D eigenvalue weighted by molar-refractivity contribution is -0.0881. The quantitative estimate of drug-likeness (QED) is 0.115. The van der Waals surface area contributed by atoms with Crippen molar-refractivity contribution < 1.29 is 37.7 Å². The molecule has 1 fully saturated rings. The summed E-state index contributed by atoms with van der Waals surface area (Å²) >= 11 is 1.23. The van der Waals surface area contributed by atoms with Crippen LogP contribution in [0.4, 0.5) is 13.6 Å². The highest BCUT2D eigenvalue weighted by Crippen LogP contribution is 2.45. The van der Waals surface area contributed by atoms with Gasteiger partial charge in [-0.15, -0.1) is 11.3 Å². The van der Waals surface area contributed by atoms with Crippen LogP contribution in [-0.4, -0.2) is 92.9 Å². The zero-order valence-electron chi connectivity index (χ0n) is 29.3. The summed E-state index contributed by atoms with van der Waals surface area (Å²) in [5.41, 5.74) is 0.828. The fraction of sp³-hybridized carbons (Fsp3) is 0.316. The molecule has 0 amide bonds. The Bertz CT molecular complexity index is 2080. The molecule has 0 bridgehead atoms. The third kappa shape index (κ3) is 9.12. The van der Waals surface area contributed by atoms with Gasteiger partial charge < -0.3 is 19.3 Å². The van der Waals surface area contributed by atoms with Crippen molar-refractivity contribution in [3.63, 3.8) is 0 Å². The molecule has 1 aliphatic rings. The second-order valence-corrected chi connectivity index (χ2v) is 13.6. The van der Waals surface area contributed by atoms with Gasteiger partial charge in [-0.1, -0.05) is 31.2 Å². The van der Waals surface area contributed by atoms with Crippen LogP contribution in [-0.2, 0) is 32.9 Å². The van der Waals surface area contributed by atoms with Crippen molar-refractivity contribution in [2.24, 2.45) is 0 Å². The topological polar surface area (TPSA) is 156 Å². The highest BCUT2D eigenvalue weighted by Gasteiger charge is 2.47. The fourth-order valence-corrected chi connectivity index (χ4v) is 7.28. The average Bonchev–Trinajstić information content (AvgIpc) is 3.88. The van der Waals surface area contributed by atoms with Crippen molar-refractivity contribution in [3.8, 4) is 17.3 Å². The third-order valence-corrected chi connectivity index (χ3v) is 10.3. The van der Waals surface area contributed by atoms with Crippen LogP contribution in [0.25, 0.3) is 11.3 Å². The number of aliphatic hydroxyl groups is 1. The highest BCUT2D eigenvalue weighted by molar-refractivity contribution is 7.10. The number of thiazole rings is 1. The summed E-state index contributed by atoms with van der Waals surface area (Å²) in [5, 5.41) is 24.7. The van der Waals surface area contributed by atoms with Crippen molar-refractivity contribution in [3.05, 3.63) is 124 Å². The summed E-state index contributed by atoms with van der Waals surface area (Å²) in [6, 6.07) is 18.8. The number of β-amino-alcohol motifs (C(OH)–C–C–N with tert-alkyl or cyclic N) is 1. The molecule has 2 aromatic heterocycles. The van der Waals surface area contributed by atoms with Crippen LogP contribution in [0.1, 0.15) is 44.9 Å². The standard InChI is InChI=1S/C38H37F2N7O6S/c1-26(35-44-34(21-54-35)29-7-5-27(19-41)6-8-29)38(22-47-24-42-23-43-47,32-10-9-31(39)18-33(32)40)53-37(50)52-25-51-36(49)30-4-2-3-28(17-30)20-46-13-11-45(12-14-46)15-16-48/h2-10,17-18,21,23-24,26,48H,11-16,20,22,25H2,1H3/t26-,38+/m0/s1. The van der Waals surface area contributed by atoms with E-state index in [1.165, 1.54) is 34.7 Å². The first-order chi connectivity index (χ1) is 26.2. The summed E-state index contributed by atoms with van der Waals surface area (Å²) in [6.07, 6.45) is 1.32. The number of ether oxygens (including phenoxy) is 3. The first-order valence-corrected chi connectivity index (χ1v) is 18.0. The zero-order chi connectivity index (χ0) is 38.1. The number of rotatable bonds is 14. The van der Waals surface area contributed by atoms with Gasteiger partial charge in [0.1, 0.15) is 29.3 Å². The summed E-state index contributed by atoms with van der Waals surface area (Å²) < 4.78 is 47.8. The fourth-order valence-electron chi connectivity index (χ4n) is 6.31. The number of aliphatic hydroxyl groups excluding tert-OH is 1. The first-order valence-electron chi connectivity index (χ1n) is 17.1. The van der Waals surface area contributed by atoms with Crippen molar-refractivity contribution in [1.82, 2.24) is 29.5 Å². The van der Waals surface area contributed by atoms with Gasteiger partial charge in [-0.05, 0) is 42.0 Å². The van der Waals surface area contributed by atoms with E-state index in [1.807, 2.05) is 6.07 Å². The second kappa shape index (κ2) is 17.5. The van der Waals surface area contributed by atoms with E-state index in [4.69, 9.17) is 19.2 Å². The molecule has 3 heterocycles. The van der Waals surface area contributed by atoms with E-state index in [2.05, 4.69) is 26.0 Å². The number of nitrogens with zero attached hydrogens (tertiary/aromatic N) is 7. The minimum absolute atomic E-state index is 0.122. The van der Waals surface area contributed by atoms with Crippen LogP contribution >= 0.6 is 11.3 Å². The Balaban J connectivity index is 1.19. The third-order valence-electron chi connectivity index (χ3n) is 9.23. The van der Waals surface area contributed by atoms with E-state index in [9.17, 15) is 24.3 Å². The van der Waals surface area contributed by atoms with Crippen LogP contribution < -0.4 is 0 Å². The largest absolute Gasteiger partial charge is 0.512 e. The molecule has 2 atom stereocenters. The van der Waals surface area contributed by atoms with Crippen molar-refractivity contribution in [2.75, 3.05) is 46.1 Å². The van der Waals surface area contributed by atoms with Crippen LogP contribution in [0.15, 0.2) is 84.8 Å². The summed E-state index contributed by atoms with van der Waals surface area (Å²) in [5.74, 6) is -3.44. The van der Waals surface area contributed by atoms with E-state index in [1.54, 1.807) is 54.8 Å². The molecule has 54 heavy (non-hydrogen) atoms. The molecule has 6 rings (SSSR count). The van der Waals surface area contributed by atoms with Gasteiger partial charge in [0.25, 0.3) is 0 Å². The lowest BCUT2D eigenvalue weighted by Gasteiger charge is -2.37. The van der Waals surface area contributed by atoms with Crippen LogP contribution in [0.5, 0.6) is 0 Å². The van der Waals surface area contributed by atoms with Crippen LogP contribution in [0.3, 0.4) is 0 Å². The predicted molar refractivity (Wildman–Crippen MR) is 192 cm³/mol. The monoisotopic (exact) mass is 757 g/mol. The second-order valence-electron chi connectivity index (χ2n) is 12.7. The van der Waals surface area contributed by atoms with Gasteiger partial charge in [-0.3, -0.25) is 9.80 Å². The summed E-state index contributed by atoms with van der Waals surface area (Å²) in [6.45, 7) is 5.30. The summed E-state index contributed by atoms with van der Waals surface area (Å²) in [7, 11) is 0. The number of hydrogen-bond donors (Lipinski definition) is 1. The number of benzene rings is 3. The molecule has 0 radical (unpaired) electrons. The van der Waals surface area contributed by atoms with E-state index in [0.717, 1.165) is 43.4 Å². The van der Waals surface area contributed by atoms with Crippen molar-refractivity contribution in [2.45, 2.75) is 31.5 Å². The average molecular weight is 758 g/mol. The molecule has 3 aromatic carbocycles. The highest BCUT2D eigenvalue weighted by atomic mass is 32.1. The Labute approximate surface area is 314 Å². The molecule has 280 valence electrons. The van der Waals surface area contributed by atoms with Crippen LogP contribution in [0.2, 0.25) is 0 Å². The smallest absolute Gasteiger partial charge is 0.424 e. The SMILES string of the molecule is C[C@@H](c1nc(-c2ccc(C#N)cc2)cs1)[C@@](Cn1cncn1)(OC(=O)OCOC(=O)c1cccc(CN2CCN(CCO)CC2)c1)c1ccc(F)cc1F. The maximum Gasteiger partial charge on any atom is 0.512 e. The van der Waals surface area contributed by atoms with Gasteiger partial charge in [-0.25, -0.2) is 33.0 Å². The number of hydrogen-bond acceptors (Lipinski definition) is 13. The van der Waals surface area contributed by atoms with Gasteiger partial charge in [0, 0.05) is 61.8 Å². The molecule has 0 aliphatic carbocycles. The number of piperazine rings is 1. The lowest BCUT2D eigenvalue weighted by Crippen LogP contribution is -2.46. The zero-order valence-corrected chi connectivity index (χ0v) is 30.1. The predicted octanol–water partition coefficient (Wildman–Crippen LogP) is 5.33. The van der Waals surface area contributed by atoms with E-state index < -0.39 is 42.1 Å². The normalized spacial score (nSPS) is 15.2. The minimum atomic E-state index is -1.93. The molecule has 1 saturated heterocycles. The van der Waals surface area contributed by atoms with Crippen molar-refractivity contribution in [1.29, 1.82) is 5.26 Å². The van der Waals surface area contributed by atoms with Crippen LogP contribution in [0, 0.1) is 23.0 Å². The molecule has 16 heteroatoms. The Morgan fingerprint density at radius 2 is 1.81 bits per heavy atom. The molecule has 1 aliphatic heterocycles. The molecule has 13 nitrogen and oxygen atoms in total. The van der Waals surface area contributed by atoms with Crippen molar-refractivity contribution >= 4 is 23.5 Å². The molecule has 5 aromatic rings. The number of aromatic nitrogens is 4. The maximum atomic E-state index is 15.8. The molecule has 0 spiro atoms.